The molecule has 2 amide bonds. The quantitative estimate of drug-likeness (QED) is 0.738. The van der Waals surface area contributed by atoms with E-state index in [1.54, 1.807) is 4.90 Å². The first-order chi connectivity index (χ1) is 7.08. The van der Waals surface area contributed by atoms with Crippen LogP contribution in [-0.4, -0.2) is 35.3 Å². The predicted octanol–water partition coefficient (Wildman–Crippen LogP) is 0.523. The van der Waals surface area contributed by atoms with Crippen LogP contribution in [0.1, 0.15) is 33.1 Å². The summed E-state index contributed by atoms with van der Waals surface area (Å²) in [6.45, 7) is 4.81. The van der Waals surface area contributed by atoms with Crippen molar-refractivity contribution in [1.29, 1.82) is 0 Å². The van der Waals surface area contributed by atoms with E-state index in [2.05, 4.69) is 5.32 Å². The molecular weight excluding hydrogens is 192 g/mol. The smallest absolute Gasteiger partial charge is 0.248 e. The molecule has 0 aromatic carbocycles. The number of carbonyl (C=O) groups is 2. The minimum Gasteiger partial charge on any atom is -0.340 e. The van der Waals surface area contributed by atoms with Crippen molar-refractivity contribution in [1.82, 2.24) is 10.2 Å². The van der Waals surface area contributed by atoms with Gasteiger partial charge in [-0.15, -0.1) is 0 Å². The molecule has 1 saturated carbocycles. The zero-order valence-corrected chi connectivity index (χ0v) is 9.38. The van der Waals surface area contributed by atoms with Gasteiger partial charge in [-0.05, 0) is 32.1 Å². The Labute approximate surface area is 90.0 Å². The average molecular weight is 210 g/mol. The third-order valence-electron chi connectivity index (χ3n) is 3.35. The Hall–Kier alpha value is -1.06. The lowest BCUT2D eigenvalue weighted by Crippen LogP contribution is -2.66. The molecule has 1 atom stereocenters. The molecule has 0 aromatic rings. The SMILES string of the molecule is CCCN1CC(=O)NC(C)(C2CC2)C1=O. The zero-order chi connectivity index (χ0) is 11.1. The highest BCUT2D eigenvalue weighted by molar-refractivity contribution is 5.98. The summed E-state index contributed by atoms with van der Waals surface area (Å²) in [7, 11) is 0. The summed E-state index contributed by atoms with van der Waals surface area (Å²) in [6, 6.07) is 0. The lowest BCUT2D eigenvalue weighted by molar-refractivity contribution is -0.150. The molecule has 15 heavy (non-hydrogen) atoms. The van der Waals surface area contributed by atoms with Crippen molar-refractivity contribution < 1.29 is 9.59 Å². The first-order valence-electron chi connectivity index (χ1n) is 5.68. The molecule has 2 rings (SSSR count). The lowest BCUT2D eigenvalue weighted by Gasteiger charge is -2.40. The van der Waals surface area contributed by atoms with Crippen molar-refractivity contribution in [3.63, 3.8) is 0 Å². The molecule has 4 nitrogen and oxygen atoms in total. The van der Waals surface area contributed by atoms with Crippen LogP contribution < -0.4 is 5.32 Å². The van der Waals surface area contributed by atoms with Gasteiger partial charge in [-0.3, -0.25) is 9.59 Å². The van der Waals surface area contributed by atoms with Gasteiger partial charge in [0, 0.05) is 6.54 Å². The summed E-state index contributed by atoms with van der Waals surface area (Å²) < 4.78 is 0. The Morgan fingerprint density at radius 2 is 2.13 bits per heavy atom. The average Bonchev–Trinajstić information content (AvgIpc) is 2.97. The molecule has 2 fully saturated rings. The summed E-state index contributed by atoms with van der Waals surface area (Å²) in [5.74, 6) is 0.442. The van der Waals surface area contributed by atoms with Crippen LogP contribution in [0, 0.1) is 5.92 Å². The van der Waals surface area contributed by atoms with Gasteiger partial charge < -0.3 is 10.2 Å². The minimum atomic E-state index is -0.621. The second-order valence-corrected chi connectivity index (χ2v) is 4.75. The third kappa shape index (κ3) is 1.73. The monoisotopic (exact) mass is 210 g/mol. The van der Waals surface area contributed by atoms with E-state index >= 15 is 0 Å². The lowest BCUT2D eigenvalue weighted by atomic mass is 9.91. The summed E-state index contributed by atoms with van der Waals surface area (Å²) in [5.41, 5.74) is -0.621. The van der Waals surface area contributed by atoms with Crippen LogP contribution >= 0.6 is 0 Å². The van der Waals surface area contributed by atoms with Gasteiger partial charge in [0.15, 0.2) is 0 Å². The van der Waals surface area contributed by atoms with Gasteiger partial charge in [0.2, 0.25) is 11.8 Å². The fourth-order valence-electron chi connectivity index (χ4n) is 2.34. The van der Waals surface area contributed by atoms with Gasteiger partial charge in [0.05, 0.1) is 6.54 Å². The fraction of sp³-hybridized carbons (Fsp3) is 0.818. The molecule has 0 radical (unpaired) electrons. The van der Waals surface area contributed by atoms with Gasteiger partial charge >= 0.3 is 0 Å². The van der Waals surface area contributed by atoms with Crippen molar-refractivity contribution in [2.24, 2.45) is 5.92 Å². The topological polar surface area (TPSA) is 49.4 Å². The third-order valence-corrected chi connectivity index (χ3v) is 3.35. The van der Waals surface area contributed by atoms with Crippen LogP contribution in [0.25, 0.3) is 0 Å². The molecule has 84 valence electrons. The predicted molar refractivity (Wildman–Crippen MR) is 56.1 cm³/mol. The van der Waals surface area contributed by atoms with Crippen LogP contribution in [-0.2, 0) is 9.59 Å². The Bertz CT molecular complexity index is 299. The maximum atomic E-state index is 12.2. The van der Waals surface area contributed by atoms with Crippen LogP contribution in [0.3, 0.4) is 0 Å². The number of nitrogens with one attached hydrogen (secondary N) is 1. The van der Waals surface area contributed by atoms with Crippen LogP contribution in [0.15, 0.2) is 0 Å². The van der Waals surface area contributed by atoms with E-state index in [0.717, 1.165) is 19.3 Å². The summed E-state index contributed by atoms with van der Waals surface area (Å²) >= 11 is 0. The first kappa shape index (κ1) is 10.5. The van der Waals surface area contributed by atoms with Crippen molar-refractivity contribution in [2.75, 3.05) is 13.1 Å². The molecule has 1 aliphatic heterocycles. The Kier molecular flexibility index (Phi) is 2.44. The molecular formula is C11H18N2O2. The molecule has 1 N–H and O–H groups in total. The molecule has 0 aromatic heterocycles. The van der Waals surface area contributed by atoms with Crippen molar-refractivity contribution in [3.05, 3.63) is 0 Å². The number of nitrogens with zero attached hydrogens (tertiary/aromatic N) is 1. The van der Waals surface area contributed by atoms with Crippen molar-refractivity contribution in [3.8, 4) is 0 Å². The van der Waals surface area contributed by atoms with E-state index in [4.69, 9.17) is 0 Å². The number of rotatable bonds is 3. The highest BCUT2D eigenvalue weighted by Crippen LogP contribution is 2.41. The first-order valence-corrected chi connectivity index (χ1v) is 5.68. The number of amides is 2. The fourth-order valence-corrected chi connectivity index (χ4v) is 2.34. The molecule has 1 aliphatic carbocycles. The Balaban J connectivity index is 2.17. The van der Waals surface area contributed by atoms with Gasteiger partial charge in [-0.1, -0.05) is 6.92 Å². The second kappa shape index (κ2) is 3.51. The van der Waals surface area contributed by atoms with E-state index in [0.29, 0.717) is 12.5 Å². The van der Waals surface area contributed by atoms with E-state index in [1.165, 1.54) is 0 Å². The van der Waals surface area contributed by atoms with Gasteiger partial charge in [0.25, 0.3) is 0 Å². The van der Waals surface area contributed by atoms with Gasteiger partial charge in [-0.25, -0.2) is 0 Å². The summed E-state index contributed by atoms with van der Waals surface area (Å²) in [5, 5.41) is 2.86. The molecule has 0 bridgehead atoms. The van der Waals surface area contributed by atoms with Gasteiger partial charge in [0.1, 0.15) is 5.54 Å². The maximum absolute atomic E-state index is 12.2. The van der Waals surface area contributed by atoms with Crippen LogP contribution in [0.4, 0.5) is 0 Å². The van der Waals surface area contributed by atoms with Gasteiger partial charge in [-0.2, -0.15) is 0 Å². The minimum absolute atomic E-state index is 0.0162. The van der Waals surface area contributed by atoms with E-state index in [9.17, 15) is 9.59 Å². The number of piperazine rings is 1. The molecule has 0 spiro atoms. The Morgan fingerprint density at radius 3 is 2.67 bits per heavy atom. The highest BCUT2D eigenvalue weighted by atomic mass is 16.2. The van der Waals surface area contributed by atoms with Crippen molar-refractivity contribution >= 4 is 11.8 Å². The van der Waals surface area contributed by atoms with Crippen molar-refractivity contribution in [2.45, 2.75) is 38.6 Å². The summed E-state index contributed by atoms with van der Waals surface area (Å²) in [6.07, 6.45) is 3.02. The highest BCUT2D eigenvalue weighted by Gasteiger charge is 2.52. The zero-order valence-electron chi connectivity index (χ0n) is 9.38. The maximum Gasteiger partial charge on any atom is 0.248 e. The van der Waals surface area contributed by atoms with E-state index in [-0.39, 0.29) is 18.4 Å². The van der Waals surface area contributed by atoms with Crippen LogP contribution in [0.2, 0.25) is 0 Å². The largest absolute Gasteiger partial charge is 0.340 e. The second-order valence-electron chi connectivity index (χ2n) is 4.75. The standard InChI is InChI=1S/C11H18N2O2/c1-3-6-13-7-9(14)12-11(2,10(13)15)8-4-5-8/h8H,3-7H2,1-2H3,(H,12,14). The molecule has 2 aliphatic rings. The van der Waals surface area contributed by atoms with E-state index < -0.39 is 5.54 Å². The van der Waals surface area contributed by atoms with E-state index in [1.807, 2.05) is 13.8 Å². The Morgan fingerprint density at radius 1 is 1.47 bits per heavy atom. The number of hydrogen-bond acceptors (Lipinski definition) is 2. The number of hydrogen-bond donors (Lipinski definition) is 1. The molecule has 1 saturated heterocycles. The molecule has 4 heteroatoms. The summed E-state index contributed by atoms with van der Waals surface area (Å²) in [4.78, 5) is 25.4. The van der Waals surface area contributed by atoms with Crippen LogP contribution in [0.5, 0.6) is 0 Å². The molecule has 1 unspecified atom stereocenters. The number of carbonyl (C=O) groups excluding carboxylic acids is 2. The molecule has 1 heterocycles. The normalized spacial score (nSPS) is 31.7.